The summed E-state index contributed by atoms with van der Waals surface area (Å²) in [6, 6.07) is 50.2. The molecule has 0 radical (unpaired) electrons. The van der Waals surface area contributed by atoms with Crippen LogP contribution in [0.3, 0.4) is 0 Å². The number of hydrogen-bond donors (Lipinski definition) is 10. The molecule has 29 nitrogen and oxygen atoms in total. The molecule has 0 saturated carbocycles. The maximum Gasteiger partial charge on any atom is 0.278 e. The van der Waals surface area contributed by atoms with Crippen molar-refractivity contribution in [2.75, 3.05) is 79.6 Å². The maximum absolute atomic E-state index is 12.7. The van der Waals surface area contributed by atoms with Gasteiger partial charge in [-0.25, -0.2) is 39.9 Å². The van der Waals surface area contributed by atoms with Crippen molar-refractivity contribution in [2.45, 2.75) is 0 Å². The first-order valence-electron chi connectivity index (χ1n) is 30.1. The van der Waals surface area contributed by atoms with Crippen LogP contribution < -0.4 is 58.4 Å². The van der Waals surface area contributed by atoms with E-state index in [1.165, 1.54) is 51.1 Å². The number of carbonyl (C=O) groups excluding carboxylic acids is 5. The highest BCUT2D eigenvalue weighted by atomic mass is 16.5. The van der Waals surface area contributed by atoms with Crippen molar-refractivity contribution in [3.05, 3.63) is 242 Å². The quantitative estimate of drug-likeness (QED) is 0.0429. The van der Waals surface area contributed by atoms with Crippen LogP contribution in [0.4, 0.5) is 46.0 Å². The summed E-state index contributed by atoms with van der Waals surface area (Å²) < 4.78 is 20.9. The molecular formula is C71H84N20O9. The topological polar surface area (TPSA) is 429 Å². The van der Waals surface area contributed by atoms with E-state index in [1.807, 2.05) is 54.7 Å². The average Bonchev–Trinajstić information content (AvgIpc) is 1.20. The number of benzene rings is 6. The second kappa shape index (κ2) is 32.2. The van der Waals surface area contributed by atoms with Gasteiger partial charge < -0.3 is 72.7 Å². The van der Waals surface area contributed by atoms with Crippen LogP contribution in [-0.4, -0.2) is 125 Å². The number of furan rings is 1. The fraction of sp³-hybridized carbons (Fsp3) is 0.0704. The molecule has 14 N–H and O–H groups in total. The van der Waals surface area contributed by atoms with Crippen LogP contribution >= 0.6 is 0 Å². The van der Waals surface area contributed by atoms with Crippen molar-refractivity contribution in [3.63, 3.8) is 0 Å². The summed E-state index contributed by atoms with van der Waals surface area (Å²) in [7, 11) is 7.96. The van der Waals surface area contributed by atoms with E-state index in [-0.39, 0.29) is 66.2 Å². The van der Waals surface area contributed by atoms with Gasteiger partial charge in [0.05, 0.1) is 86.5 Å². The monoisotopic (exact) mass is 1360 g/mol. The molecule has 0 aliphatic heterocycles. The minimum absolute atomic E-state index is 0. The number of H-pyrrole nitrogens is 2. The smallest absolute Gasteiger partial charge is 0.278 e. The van der Waals surface area contributed by atoms with Gasteiger partial charge in [0.15, 0.2) is 51.8 Å². The summed E-state index contributed by atoms with van der Waals surface area (Å²) in [6.07, 6.45) is 11.0. The second-order valence-corrected chi connectivity index (χ2v) is 21.2. The zero-order valence-electron chi connectivity index (χ0n) is 54.2. The Morgan fingerprint density at radius 2 is 0.910 bits per heavy atom. The number of nitrogens with one attached hydrogen (secondary N) is 6. The molecule has 522 valence electrons. The van der Waals surface area contributed by atoms with E-state index in [0.29, 0.717) is 85.4 Å². The molecule has 0 bridgehead atoms. The predicted molar refractivity (Wildman–Crippen MR) is 400 cm³/mol. The molecule has 0 fully saturated rings. The molecule has 0 unspecified atom stereocenters. The van der Waals surface area contributed by atoms with E-state index in [4.69, 9.17) is 41.6 Å². The van der Waals surface area contributed by atoms with Crippen molar-refractivity contribution >= 4 is 86.5 Å². The van der Waals surface area contributed by atoms with E-state index in [2.05, 4.69) is 76.3 Å². The van der Waals surface area contributed by atoms with Gasteiger partial charge in [-0.2, -0.15) is 5.10 Å². The van der Waals surface area contributed by atoms with Gasteiger partial charge in [0, 0.05) is 74.0 Å². The van der Waals surface area contributed by atoms with Crippen molar-refractivity contribution < 1.29 is 56.9 Å². The number of hydrogen-bond acceptors (Lipinski definition) is 22. The number of nitrogens with zero attached hydrogens (tertiary/aromatic N) is 10. The summed E-state index contributed by atoms with van der Waals surface area (Å²) in [5.41, 5.74) is 31.4. The van der Waals surface area contributed by atoms with E-state index in [9.17, 15) is 24.0 Å². The lowest BCUT2D eigenvalue weighted by Crippen LogP contribution is -2.21. The van der Waals surface area contributed by atoms with Crippen LogP contribution in [0.2, 0.25) is 0 Å². The molecular weight excluding hydrogens is 1280 g/mol. The van der Waals surface area contributed by atoms with E-state index in [1.54, 1.807) is 148 Å². The minimum atomic E-state index is -0.499. The van der Waals surface area contributed by atoms with Gasteiger partial charge in [-0.15, -0.1) is 0 Å². The number of methoxy groups -OCH3 is 3. The van der Waals surface area contributed by atoms with Crippen LogP contribution in [0, 0.1) is 0 Å². The molecule has 0 spiro atoms. The van der Waals surface area contributed by atoms with Crippen molar-refractivity contribution in [1.29, 1.82) is 0 Å². The van der Waals surface area contributed by atoms with Crippen LogP contribution in [0.15, 0.2) is 218 Å². The van der Waals surface area contributed by atoms with Crippen molar-refractivity contribution in [2.24, 2.45) is 0 Å². The summed E-state index contributed by atoms with van der Waals surface area (Å²) in [5.74, 6) is 0.357. The SMILES string of the molecule is COc1ccccc1NC(=O)c1nc(-c2ccc(C(=O)N(C)C)cc2)cnc1N.COc1ccccc1NC(=O)c1nc(-c2ccc3[nH]ccc3c2)cnc1N.COc1ccccc1NC(=O)c1nc(-c2ccco2)cnc1N.Nc1ncc(-c2ccn[nH]2)nc1C(=O)Nc1ccccc1.[HH].[HH].[HH].[HH].[HH].[HH].[HH].[HH].[HH].[HH]. The first-order valence-corrected chi connectivity index (χ1v) is 30.1. The molecule has 13 aromatic rings. The highest BCUT2D eigenvalue weighted by Crippen LogP contribution is 2.30. The molecule has 7 heterocycles. The zero-order valence-corrected chi connectivity index (χ0v) is 54.2. The predicted octanol–water partition coefficient (Wildman–Crippen LogP) is 12.9. The van der Waals surface area contributed by atoms with Crippen LogP contribution in [0.5, 0.6) is 17.2 Å². The molecule has 0 aliphatic rings. The highest BCUT2D eigenvalue weighted by molar-refractivity contribution is 6.09. The second-order valence-electron chi connectivity index (χ2n) is 21.2. The van der Waals surface area contributed by atoms with Gasteiger partial charge in [0.1, 0.15) is 28.6 Å². The lowest BCUT2D eigenvalue weighted by Gasteiger charge is -2.12. The van der Waals surface area contributed by atoms with Crippen LogP contribution in [0.1, 0.15) is 66.6 Å². The Morgan fingerprint density at radius 3 is 1.38 bits per heavy atom. The third kappa shape index (κ3) is 16.9. The lowest BCUT2D eigenvalue weighted by molar-refractivity contribution is 0.0826. The van der Waals surface area contributed by atoms with E-state index in [0.717, 1.165) is 16.5 Å². The Bertz CT molecular complexity index is 5060. The van der Waals surface area contributed by atoms with Gasteiger partial charge in [-0.3, -0.25) is 29.1 Å². The number of ether oxygens (including phenoxy) is 3. The standard InChI is InChI=1S/C21H21N5O3.C20H17N5O2.C16H14N4O3.C14H12N6O.10H2/c1-26(2)21(28)14-10-8-13(9-11-14)16-12-23-19(22)18(24-16)20(27)25-15-6-4-5-7-17(15)29-3;1-27-17-5-3-2-4-15(17)25-20(26)18-19(21)23-11-16(24-18)12-6-7-14-13(10-12)8-9-22-14;1-22-12-6-3-2-5-10(12)20-16(21)14-15(17)18-9-11(19-14)13-7-4-8-23-13;15-13-12(14(21)18-9-4-2-1-3-5-9)19-11(8-16-13)10-6-7-17-20-10;;;;;;;;;;/h4-12H,1-3H3,(H2,22,23)(H,25,27);2-11,22H,1H3,(H2,21,23)(H,25,26);2-9H,1H3,(H2,17,18)(H,20,21);1-8H,(H2,15,16)(H,17,20)(H,18,21);10*1H. The third-order valence-corrected chi connectivity index (χ3v) is 14.4. The highest BCUT2D eigenvalue weighted by Gasteiger charge is 2.22. The molecule has 0 aliphatic carbocycles. The number of carbonyl (C=O) groups is 5. The minimum Gasteiger partial charge on any atom is -0.495 e. The fourth-order valence-corrected chi connectivity index (χ4v) is 9.37. The zero-order chi connectivity index (χ0) is 70.7. The number of anilines is 8. The number of rotatable bonds is 16. The summed E-state index contributed by atoms with van der Waals surface area (Å²) >= 11 is 0. The normalized spacial score (nSPS) is 10.4. The number of para-hydroxylation sites is 7. The molecule has 6 aromatic carbocycles. The summed E-state index contributed by atoms with van der Waals surface area (Å²) in [4.78, 5) is 100. The number of amides is 5. The molecule has 7 aromatic heterocycles. The van der Waals surface area contributed by atoms with Gasteiger partial charge in [-0.05, 0) is 97.1 Å². The molecule has 0 atom stereocenters. The number of fused-ring (bicyclic) bond motifs is 1. The molecule has 29 heteroatoms. The first-order chi connectivity index (χ1) is 48.5. The summed E-state index contributed by atoms with van der Waals surface area (Å²) in [6.45, 7) is 0. The van der Waals surface area contributed by atoms with Crippen molar-refractivity contribution in [1.82, 2.24) is 60.0 Å². The fourth-order valence-electron chi connectivity index (χ4n) is 9.37. The lowest BCUT2D eigenvalue weighted by atomic mass is 10.1. The Kier molecular flexibility index (Phi) is 22.0. The Balaban J connectivity index is 0.00000141. The van der Waals surface area contributed by atoms with Crippen LogP contribution in [-0.2, 0) is 0 Å². The molecule has 13 rings (SSSR count). The van der Waals surface area contributed by atoms with Gasteiger partial charge >= 0.3 is 0 Å². The Labute approximate surface area is 585 Å². The number of aromatic nitrogens is 11. The number of aromatic amines is 2. The third-order valence-electron chi connectivity index (χ3n) is 14.4. The molecule has 5 amide bonds. The summed E-state index contributed by atoms with van der Waals surface area (Å²) in [5, 5.41) is 18.6. The first kappa shape index (κ1) is 68.5. The Morgan fingerprint density at radius 1 is 0.470 bits per heavy atom. The number of nitrogens with two attached hydrogens (primary N) is 4. The van der Waals surface area contributed by atoms with E-state index < -0.39 is 23.6 Å². The largest absolute Gasteiger partial charge is 0.495 e. The van der Waals surface area contributed by atoms with Gasteiger partial charge in [0.2, 0.25) is 0 Å². The maximum atomic E-state index is 12.7. The number of nitrogen functional groups attached to an aromatic ring is 4. The Hall–Kier alpha value is -14.4. The molecule has 100 heavy (non-hydrogen) atoms. The average molecular weight is 1360 g/mol. The van der Waals surface area contributed by atoms with Gasteiger partial charge in [-0.1, -0.05) is 72.8 Å². The molecule has 0 saturated heterocycles. The van der Waals surface area contributed by atoms with Crippen molar-refractivity contribution in [3.8, 4) is 62.6 Å². The van der Waals surface area contributed by atoms with Gasteiger partial charge in [0.25, 0.3) is 29.5 Å². The van der Waals surface area contributed by atoms with Crippen LogP contribution in [0.25, 0.3) is 56.3 Å². The van der Waals surface area contributed by atoms with E-state index >= 15 is 0 Å².